The summed E-state index contributed by atoms with van der Waals surface area (Å²) >= 11 is 0. The van der Waals surface area contributed by atoms with Crippen molar-refractivity contribution >= 4 is 16.5 Å². The van der Waals surface area contributed by atoms with Gasteiger partial charge in [0.05, 0.1) is 12.3 Å². The van der Waals surface area contributed by atoms with Crippen LogP contribution in [0, 0.1) is 5.92 Å². The van der Waals surface area contributed by atoms with Crippen LogP contribution in [-0.4, -0.2) is 17.5 Å². The normalized spacial score (nSPS) is 15.7. The van der Waals surface area contributed by atoms with Gasteiger partial charge >= 0.3 is 0 Å². The topological polar surface area (TPSA) is 41.8 Å². The van der Waals surface area contributed by atoms with E-state index in [2.05, 4.69) is 11.2 Å². The first kappa shape index (κ1) is 12.0. The van der Waals surface area contributed by atoms with E-state index in [0.717, 1.165) is 28.7 Å². The van der Waals surface area contributed by atoms with Crippen molar-refractivity contribution in [1.82, 2.24) is 0 Å². The van der Waals surface area contributed by atoms with Crippen molar-refractivity contribution in [3.05, 3.63) is 42.0 Å². The molecule has 0 aromatic heterocycles. The maximum atomic E-state index is 9.01. The molecule has 3 heteroatoms. The monoisotopic (exact) mass is 255 g/mol. The van der Waals surface area contributed by atoms with Crippen LogP contribution in [0.2, 0.25) is 0 Å². The largest absolute Gasteiger partial charge is 0.492 e. The highest BCUT2D eigenvalue weighted by atomic mass is 16.5. The summed E-state index contributed by atoms with van der Waals surface area (Å²) in [6.07, 6.45) is 2.51. The number of rotatable bonds is 4. The van der Waals surface area contributed by atoms with E-state index < -0.39 is 0 Å². The van der Waals surface area contributed by atoms with Gasteiger partial charge in [-0.15, -0.1) is 0 Å². The Morgan fingerprint density at radius 3 is 2.79 bits per heavy atom. The number of fused-ring (bicyclic) bond motifs is 1. The van der Waals surface area contributed by atoms with E-state index in [9.17, 15) is 0 Å². The Kier molecular flexibility index (Phi) is 3.11. The first-order valence-corrected chi connectivity index (χ1v) is 6.63. The molecule has 0 unspecified atom stereocenters. The second kappa shape index (κ2) is 4.92. The molecule has 3 nitrogen and oxygen atoms in total. The maximum absolute atomic E-state index is 9.01. The molecular formula is C16H17NO2. The van der Waals surface area contributed by atoms with Gasteiger partial charge in [-0.2, -0.15) is 0 Å². The lowest BCUT2D eigenvalue weighted by molar-refractivity contribution is 0.301. The fourth-order valence-corrected chi connectivity index (χ4v) is 2.22. The molecule has 2 aromatic carbocycles. The van der Waals surface area contributed by atoms with Crippen molar-refractivity contribution in [2.75, 3.05) is 6.61 Å². The number of hydrogen-bond acceptors (Lipinski definition) is 3. The zero-order valence-corrected chi connectivity index (χ0v) is 11.0. The van der Waals surface area contributed by atoms with Gasteiger partial charge in [0.25, 0.3) is 0 Å². The van der Waals surface area contributed by atoms with Gasteiger partial charge in [-0.05, 0) is 37.1 Å². The standard InChI is InChI=1S/C16H17NO2/c1-11(17-18)14-9-8-13-4-2-3-5-15(13)16(14)19-10-12-6-7-12/h2-5,8-9,12,18H,6-7,10H2,1H3/b17-11+. The van der Waals surface area contributed by atoms with Gasteiger partial charge in [0.1, 0.15) is 5.75 Å². The van der Waals surface area contributed by atoms with E-state index in [0.29, 0.717) is 11.6 Å². The van der Waals surface area contributed by atoms with E-state index in [1.54, 1.807) is 6.92 Å². The summed E-state index contributed by atoms with van der Waals surface area (Å²) in [5.74, 6) is 1.53. The molecule has 1 aliphatic rings. The predicted octanol–water partition coefficient (Wildman–Crippen LogP) is 3.83. The third-order valence-corrected chi connectivity index (χ3v) is 3.58. The minimum Gasteiger partial charge on any atom is -0.492 e. The van der Waals surface area contributed by atoms with Crippen LogP contribution in [0.5, 0.6) is 5.75 Å². The van der Waals surface area contributed by atoms with Crippen molar-refractivity contribution in [1.29, 1.82) is 0 Å². The Hall–Kier alpha value is -2.03. The number of benzene rings is 2. The maximum Gasteiger partial charge on any atom is 0.136 e. The number of nitrogens with zero attached hydrogens (tertiary/aromatic N) is 1. The van der Waals surface area contributed by atoms with Crippen LogP contribution in [0.4, 0.5) is 0 Å². The smallest absolute Gasteiger partial charge is 0.136 e. The third kappa shape index (κ3) is 2.41. The average molecular weight is 255 g/mol. The Morgan fingerprint density at radius 2 is 2.05 bits per heavy atom. The summed E-state index contributed by atoms with van der Waals surface area (Å²) < 4.78 is 6.01. The number of hydrogen-bond donors (Lipinski definition) is 1. The fraction of sp³-hybridized carbons (Fsp3) is 0.312. The van der Waals surface area contributed by atoms with Gasteiger partial charge in [0.2, 0.25) is 0 Å². The molecule has 0 heterocycles. The predicted molar refractivity (Wildman–Crippen MR) is 76.2 cm³/mol. The van der Waals surface area contributed by atoms with Crippen LogP contribution >= 0.6 is 0 Å². The Bertz CT molecular complexity index is 630. The average Bonchev–Trinajstić information content (AvgIpc) is 3.28. The summed E-state index contributed by atoms with van der Waals surface area (Å²) in [6, 6.07) is 12.1. The summed E-state index contributed by atoms with van der Waals surface area (Å²) in [7, 11) is 0. The fourth-order valence-electron chi connectivity index (χ4n) is 2.22. The molecule has 0 amide bonds. The lowest BCUT2D eigenvalue weighted by Crippen LogP contribution is -2.05. The highest BCUT2D eigenvalue weighted by Gasteiger charge is 2.23. The quantitative estimate of drug-likeness (QED) is 0.512. The van der Waals surface area contributed by atoms with Crippen molar-refractivity contribution in [3.8, 4) is 5.75 Å². The molecule has 0 saturated heterocycles. The summed E-state index contributed by atoms with van der Waals surface area (Å²) in [4.78, 5) is 0. The van der Waals surface area contributed by atoms with Crippen LogP contribution in [-0.2, 0) is 0 Å². The molecule has 1 N–H and O–H groups in total. The van der Waals surface area contributed by atoms with Crippen molar-refractivity contribution < 1.29 is 9.94 Å². The van der Waals surface area contributed by atoms with Gasteiger partial charge in [-0.3, -0.25) is 0 Å². The molecule has 0 aliphatic heterocycles. The Balaban J connectivity index is 2.09. The minimum atomic E-state index is 0.580. The first-order chi connectivity index (χ1) is 9.29. The molecule has 19 heavy (non-hydrogen) atoms. The second-order valence-electron chi connectivity index (χ2n) is 5.10. The molecule has 0 atom stereocenters. The molecule has 3 rings (SSSR count). The number of oxime groups is 1. The molecule has 0 radical (unpaired) electrons. The number of ether oxygens (including phenoxy) is 1. The molecule has 0 bridgehead atoms. The lowest BCUT2D eigenvalue weighted by atomic mass is 10.0. The summed E-state index contributed by atoms with van der Waals surface area (Å²) in [6.45, 7) is 2.54. The van der Waals surface area contributed by atoms with Gasteiger partial charge in [-0.25, -0.2) is 0 Å². The van der Waals surface area contributed by atoms with Crippen LogP contribution in [0.3, 0.4) is 0 Å². The van der Waals surface area contributed by atoms with E-state index in [1.165, 1.54) is 12.8 Å². The molecule has 98 valence electrons. The second-order valence-corrected chi connectivity index (χ2v) is 5.10. The van der Waals surface area contributed by atoms with E-state index in [-0.39, 0.29) is 0 Å². The van der Waals surface area contributed by atoms with Crippen LogP contribution in [0.15, 0.2) is 41.6 Å². The van der Waals surface area contributed by atoms with Crippen molar-refractivity contribution in [2.45, 2.75) is 19.8 Å². The Morgan fingerprint density at radius 1 is 1.26 bits per heavy atom. The summed E-state index contributed by atoms with van der Waals surface area (Å²) in [5.41, 5.74) is 1.44. The summed E-state index contributed by atoms with van der Waals surface area (Å²) in [5, 5.41) is 14.5. The van der Waals surface area contributed by atoms with Gasteiger partial charge in [-0.1, -0.05) is 35.5 Å². The molecule has 1 aliphatic carbocycles. The zero-order valence-electron chi connectivity index (χ0n) is 11.0. The molecule has 1 saturated carbocycles. The first-order valence-electron chi connectivity index (χ1n) is 6.63. The molecular weight excluding hydrogens is 238 g/mol. The molecule has 1 fully saturated rings. The SMILES string of the molecule is C/C(=N\O)c1ccc2ccccc2c1OCC1CC1. The zero-order chi connectivity index (χ0) is 13.2. The van der Waals surface area contributed by atoms with E-state index >= 15 is 0 Å². The molecule has 2 aromatic rings. The van der Waals surface area contributed by atoms with Crippen LogP contribution < -0.4 is 4.74 Å². The third-order valence-electron chi connectivity index (χ3n) is 3.58. The van der Waals surface area contributed by atoms with Crippen LogP contribution in [0.1, 0.15) is 25.3 Å². The van der Waals surface area contributed by atoms with Gasteiger partial charge < -0.3 is 9.94 Å². The highest BCUT2D eigenvalue weighted by molar-refractivity contribution is 6.06. The van der Waals surface area contributed by atoms with Gasteiger partial charge in [0.15, 0.2) is 0 Å². The van der Waals surface area contributed by atoms with Crippen molar-refractivity contribution in [3.63, 3.8) is 0 Å². The van der Waals surface area contributed by atoms with Crippen molar-refractivity contribution in [2.24, 2.45) is 11.1 Å². The van der Waals surface area contributed by atoms with E-state index in [4.69, 9.17) is 9.94 Å². The van der Waals surface area contributed by atoms with E-state index in [1.807, 2.05) is 30.3 Å². The highest BCUT2D eigenvalue weighted by Crippen LogP contribution is 2.34. The molecule has 0 spiro atoms. The van der Waals surface area contributed by atoms with Gasteiger partial charge in [0, 0.05) is 10.9 Å². The Labute approximate surface area is 112 Å². The minimum absolute atomic E-state index is 0.580. The van der Waals surface area contributed by atoms with Crippen LogP contribution in [0.25, 0.3) is 10.8 Å². The lowest BCUT2D eigenvalue weighted by Gasteiger charge is -2.13.